The number of rotatable bonds is 7. The van der Waals surface area contributed by atoms with Crippen molar-refractivity contribution in [3.8, 4) is 0 Å². The second kappa shape index (κ2) is 10.3. The zero-order chi connectivity index (χ0) is 21.5. The summed E-state index contributed by atoms with van der Waals surface area (Å²) in [5.74, 6) is -0.349. The molecule has 30 heavy (non-hydrogen) atoms. The second-order valence-electron chi connectivity index (χ2n) is 8.03. The van der Waals surface area contributed by atoms with E-state index < -0.39 is 0 Å². The number of esters is 1. The quantitative estimate of drug-likeness (QED) is 0.398. The number of hydrogen-bond donors (Lipinski definition) is 0. The van der Waals surface area contributed by atoms with E-state index in [1.165, 1.54) is 24.3 Å². The summed E-state index contributed by atoms with van der Waals surface area (Å²) in [6.45, 7) is 8.31. The number of carbonyl (C=O) groups excluding carboxylic acids is 2. The first kappa shape index (κ1) is 21.9. The van der Waals surface area contributed by atoms with Gasteiger partial charge in [-0.15, -0.1) is 0 Å². The molecule has 2 aromatic rings. The van der Waals surface area contributed by atoms with E-state index in [4.69, 9.17) is 0 Å². The van der Waals surface area contributed by atoms with Crippen molar-refractivity contribution >= 4 is 18.3 Å². The van der Waals surface area contributed by atoms with Crippen molar-refractivity contribution in [3.63, 3.8) is 0 Å². The van der Waals surface area contributed by atoms with Crippen LogP contribution in [0.2, 0.25) is 0 Å². The van der Waals surface area contributed by atoms with Crippen molar-refractivity contribution in [2.45, 2.75) is 39.0 Å². The van der Waals surface area contributed by atoms with Crippen LogP contribution in [0.1, 0.15) is 40.9 Å². The molecule has 0 spiro atoms. The molecule has 2 aromatic carbocycles. The molecule has 1 heterocycles. The lowest BCUT2D eigenvalue weighted by Gasteiger charge is -2.44. The molecule has 1 unspecified atom stereocenters. The molecule has 1 aliphatic rings. The highest BCUT2D eigenvalue weighted by Gasteiger charge is 2.29. The molecule has 0 aliphatic carbocycles. The summed E-state index contributed by atoms with van der Waals surface area (Å²) < 4.78 is 4.62. The lowest BCUT2D eigenvalue weighted by molar-refractivity contribution is -0.134. The molecule has 0 aromatic heterocycles. The molecule has 2 atom stereocenters. The van der Waals surface area contributed by atoms with Crippen LogP contribution in [0, 0.1) is 0 Å². The molecule has 1 aliphatic heterocycles. The summed E-state index contributed by atoms with van der Waals surface area (Å²) in [7, 11) is 1.37. The van der Waals surface area contributed by atoms with Gasteiger partial charge < -0.3 is 4.74 Å². The molecule has 0 saturated carbocycles. The number of ether oxygens (including phenoxy) is 1. The number of benzene rings is 2. The maximum Gasteiger partial charge on any atom is 0.330 e. The van der Waals surface area contributed by atoms with Crippen LogP contribution in [-0.2, 0) is 22.6 Å². The number of nitrogens with zero attached hydrogens (tertiary/aromatic N) is 2. The third-order valence-electron chi connectivity index (χ3n) is 5.63. The van der Waals surface area contributed by atoms with Crippen LogP contribution in [0.15, 0.2) is 54.6 Å². The third-order valence-corrected chi connectivity index (χ3v) is 5.63. The Hall–Kier alpha value is -2.76. The van der Waals surface area contributed by atoms with Crippen LogP contribution < -0.4 is 0 Å². The van der Waals surface area contributed by atoms with Gasteiger partial charge in [0.2, 0.25) is 0 Å². The molecule has 0 bridgehead atoms. The van der Waals surface area contributed by atoms with E-state index >= 15 is 0 Å². The van der Waals surface area contributed by atoms with Crippen molar-refractivity contribution < 1.29 is 14.3 Å². The summed E-state index contributed by atoms with van der Waals surface area (Å²) in [4.78, 5) is 27.3. The molecule has 0 radical (unpaired) electrons. The van der Waals surface area contributed by atoms with Gasteiger partial charge in [0.25, 0.3) is 0 Å². The normalized spacial score (nSPS) is 20.4. The van der Waals surface area contributed by atoms with Gasteiger partial charge in [-0.3, -0.25) is 14.6 Å². The molecule has 5 nitrogen and oxygen atoms in total. The van der Waals surface area contributed by atoms with Gasteiger partial charge in [0, 0.05) is 49.9 Å². The van der Waals surface area contributed by atoms with Crippen LogP contribution >= 0.6 is 0 Å². The molecule has 3 rings (SSSR count). The number of methoxy groups -OCH3 is 1. The molecular formula is C25H30N2O3. The van der Waals surface area contributed by atoms with Gasteiger partial charge in [-0.1, -0.05) is 42.5 Å². The Morgan fingerprint density at radius 3 is 2.33 bits per heavy atom. The van der Waals surface area contributed by atoms with Crippen LogP contribution in [0.4, 0.5) is 0 Å². The maximum absolute atomic E-state index is 11.2. The SMILES string of the molecule is COC(=O)/C=C/c1ccc(CN2CC(C)N(Cc3cccc(C=O)c3)[C@@H](C)C2)cc1. The lowest BCUT2D eigenvalue weighted by Crippen LogP contribution is -2.55. The topological polar surface area (TPSA) is 49.9 Å². The van der Waals surface area contributed by atoms with Crippen molar-refractivity contribution in [1.82, 2.24) is 9.80 Å². The molecule has 0 N–H and O–H groups in total. The van der Waals surface area contributed by atoms with E-state index in [1.807, 2.05) is 30.3 Å². The van der Waals surface area contributed by atoms with Gasteiger partial charge in [-0.2, -0.15) is 0 Å². The zero-order valence-electron chi connectivity index (χ0n) is 18.0. The summed E-state index contributed by atoms with van der Waals surface area (Å²) in [5, 5.41) is 0. The van der Waals surface area contributed by atoms with E-state index in [0.717, 1.165) is 43.6 Å². The number of piperazine rings is 1. The van der Waals surface area contributed by atoms with E-state index in [1.54, 1.807) is 6.08 Å². The van der Waals surface area contributed by atoms with Crippen molar-refractivity contribution in [3.05, 3.63) is 76.9 Å². The minimum atomic E-state index is -0.349. The molecular weight excluding hydrogens is 376 g/mol. The summed E-state index contributed by atoms with van der Waals surface area (Å²) in [6.07, 6.45) is 4.10. The van der Waals surface area contributed by atoms with Crippen molar-refractivity contribution in [2.24, 2.45) is 0 Å². The van der Waals surface area contributed by atoms with Crippen molar-refractivity contribution in [1.29, 1.82) is 0 Å². The maximum atomic E-state index is 11.2. The Morgan fingerprint density at radius 2 is 1.70 bits per heavy atom. The van der Waals surface area contributed by atoms with Crippen LogP contribution in [0.3, 0.4) is 0 Å². The standard InChI is InChI=1S/C25H30N2O3/c1-19-14-26(16-22-9-7-21(8-10-22)11-12-25(29)30-3)15-20(2)27(19)17-23-5-4-6-24(13-23)18-28/h4-13,18-20H,14-17H2,1-3H3/b12-11+/t19-,20?/m0/s1. The molecule has 1 fully saturated rings. The predicted octanol–water partition coefficient (Wildman–Crippen LogP) is 3.78. The lowest BCUT2D eigenvalue weighted by atomic mass is 10.0. The largest absolute Gasteiger partial charge is 0.466 e. The Morgan fingerprint density at radius 1 is 1.00 bits per heavy atom. The van der Waals surface area contributed by atoms with Gasteiger partial charge in [0.05, 0.1) is 7.11 Å². The smallest absolute Gasteiger partial charge is 0.330 e. The highest BCUT2D eigenvalue weighted by molar-refractivity contribution is 5.86. The first-order chi connectivity index (χ1) is 14.5. The number of aldehydes is 1. The Kier molecular flexibility index (Phi) is 7.55. The second-order valence-corrected chi connectivity index (χ2v) is 8.03. The van der Waals surface area contributed by atoms with E-state index in [-0.39, 0.29) is 5.97 Å². The fourth-order valence-electron chi connectivity index (χ4n) is 4.11. The Labute approximate surface area is 178 Å². The molecule has 1 saturated heterocycles. The van der Waals surface area contributed by atoms with Gasteiger partial charge in [0.1, 0.15) is 6.29 Å². The highest BCUT2D eigenvalue weighted by Crippen LogP contribution is 2.21. The highest BCUT2D eigenvalue weighted by atomic mass is 16.5. The Balaban J connectivity index is 1.58. The average Bonchev–Trinajstić information content (AvgIpc) is 2.75. The molecule has 158 valence electrons. The number of hydrogen-bond acceptors (Lipinski definition) is 5. The number of carbonyl (C=O) groups is 2. The summed E-state index contributed by atoms with van der Waals surface area (Å²) in [5.41, 5.74) is 4.16. The molecule has 5 heteroatoms. The minimum Gasteiger partial charge on any atom is -0.466 e. The van der Waals surface area contributed by atoms with E-state index in [2.05, 4.69) is 46.6 Å². The van der Waals surface area contributed by atoms with Gasteiger partial charge in [-0.25, -0.2) is 4.79 Å². The summed E-state index contributed by atoms with van der Waals surface area (Å²) in [6, 6.07) is 17.0. The minimum absolute atomic E-state index is 0.349. The van der Waals surface area contributed by atoms with Gasteiger partial charge >= 0.3 is 5.97 Å². The van der Waals surface area contributed by atoms with Gasteiger partial charge in [-0.05, 0) is 42.7 Å². The fraction of sp³-hybridized carbons (Fsp3) is 0.360. The first-order valence-corrected chi connectivity index (χ1v) is 10.4. The fourth-order valence-corrected chi connectivity index (χ4v) is 4.11. The van der Waals surface area contributed by atoms with Crippen LogP contribution in [-0.4, -0.2) is 54.3 Å². The zero-order valence-corrected chi connectivity index (χ0v) is 18.0. The van der Waals surface area contributed by atoms with Gasteiger partial charge in [0.15, 0.2) is 0 Å². The van der Waals surface area contributed by atoms with Crippen LogP contribution in [0.5, 0.6) is 0 Å². The Bertz CT molecular complexity index is 880. The first-order valence-electron chi connectivity index (χ1n) is 10.4. The average molecular weight is 407 g/mol. The molecule has 0 amide bonds. The van der Waals surface area contributed by atoms with Crippen molar-refractivity contribution in [2.75, 3.05) is 20.2 Å². The van der Waals surface area contributed by atoms with Crippen LogP contribution in [0.25, 0.3) is 6.08 Å². The monoisotopic (exact) mass is 406 g/mol. The third kappa shape index (κ3) is 5.88. The van der Waals surface area contributed by atoms with E-state index in [0.29, 0.717) is 12.1 Å². The van der Waals surface area contributed by atoms with E-state index in [9.17, 15) is 9.59 Å². The summed E-state index contributed by atoms with van der Waals surface area (Å²) >= 11 is 0. The predicted molar refractivity (Wildman–Crippen MR) is 119 cm³/mol.